The van der Waals surface area contributed by atoms with E-state index in [2.05, 4.69) is 25.3 Å². The summed E-state index contributed by atoms with van der Waals surface area (Å²) < 4.78 is 98.6. The second-order valence-corrected chi connectivity index (χ2v) is 3.88. The molecule has 0 aliphatic rings. The van der Waals surface area contributed by atoms with Crippen LogP contribution in [0.1, 0.15) is 0 Å². The average molecular weight is 294 g/mol. The van der Waals surface area contributed by atoms with Crippen LogP contribution in [0.5, 0.6) is 0 Å². The van der Waals surface area contributed by atoms with Gasteiger partial charge >= 0.3 is 11.2 Å². The van der Waals surface area contributed by atoms with Gasteiger partial charge in [0.15, 0.2) is 17.8 Å². The first-order valence-corrected chi connectivity index (χ1v) is 4.61. The summed E-state index contributed by atoms with van der Waals surface area (Å²) in [6, 6.07) is 0. The first-order chi connectivity index (χ1) is 6.93. The summed E-state index contributed by atoms with van der Waals surface area (Å²) in [5.74, 6) is -5.57. The fourth-order valence-electron chi connectivity index (χ4n) is 0.679. The van der Waals surface area contributed by atoms with E-state index in [-0.39, 0.29) is 0 Å². The lowest BCUT2D eigenvalue weighted by molar-refractivity contribution is -0.207. The van der Waals surface area contributed by atoms with Crippen molar-refractivity contribution < 1.29 is 35.1 Å². The van der Waals surface area contributed by atoms with Crippen LogP contribution >= 0.6 is 25.3 Å². The SMILES string of the molecule is FC(S)C(F)C(F)C(F)C(F)(F)C(F)(F)S. The van der Waals surface area contributed by atoms with Crippen molar-refractivity contribution in [1.29, 1.82) is 0 Å². The molecule has 0 aliphatic carbocycles. The zero-order chi connectivity index (χ0) is 13.3. The summed E-state index contributed by atoms with van der Waals surface area (Å²) in [4.78, 5) is 0. The molecule has 0 rings (SSSR count). The van der Waals surface area contributed by atoms with E-state index in [9.17, 15) is 35.1 Å². The number of hydrogen-bond acceptors (Lipinski definition) is 2. The van der Waals surface area contributed by atoms with E-state index < -0.39 is 35.2 Å². The minimum atomic E-state index is -5.57. The van der Waals surface area contributed by atoms with Gasteiger partial charge in [-0.3, -0.25) is 0 Å². The number of alkyl halides is 8. The molecular weight excluding hydrogens is 288 g/mol. The van der Waals surface area contributed by atoms with Crippen molar-refractivity contribution in [3.63, 3.8) is 0 Å². The normalized spacial score (nSPS) is 21.4. The third-order valence-electron chi connectivity index (χ3n) is 1.59. The molecular formula is C6H6F8S2. The van der Waals surface area contributed by atoms with Gasteiger partial charge in [0, 0.05) is 0 Å². The van der Waals surface area contributed by atoms with Gasteiger partial charge < -0.3 is 0 Å². The molecule has 4 atom stereocenters. The highest BCUT2D eigenvalue weighted by atomic mass is 32.1. The summed E-state index contributed by atoms with van der Waals surface area (Å²) >= 11 is 4.76. The lowest BCUT2D eigenvalue weighted by atomic mass is 10.1. The number of hydrogen-bond donors (Lipinski definition) is 2. The third kappa shape index (κ3) is 3.31. The van der Waals surface area contributed by atoms with Crippen molar-refractivity contribution in [2.45, 2.75) is 35.2 Å². The highest BCUT2D eigenvalue weighted by Crippen LogP contribution is 2.43. The Morgan fingerprint density at radius 2 is 1.19 bits per heavy atom. The van der Waals surface area contributed by atoms with Crippen LogP contribution in [0.2, 0.25) is 0 Å². The fourth-order valence-corrected chi connectivity index (χ4v) is 0.967. The molecule has 0 fully saturated rings. The quantitative estimate of drug-likeness (QED) is 0.563. The maximum absolute atomic E-state index is 12.6. The molecule has 0 aromatic carbocycles. The summed E-state index contributed by atoms with van der Waals surface area (Å²) in [5, 5.41) is -5.20. The highest BCUT2D eigenvalue weighted by Gasteiger charge is 2.63. The molecule has 10 heteroatoms. The Morgan fingerprint density at radius 3 is 1.44 bits per heavy atom. The minimum Gasteiger partial charge on any atom is -0.241 e. The minimum absolute atomic E-state index is 2.06. The molecule has 0 aliphatic heterocycles. The Morgan fingerprint density at radius 1 is 0.812 bits per heavy atom. The van der Waals surface area contributed by atoms with E-state index >= 15 is 0 Å². The smallest absolute Gasteiger partial charge is 0.241 e. The molecule has 98 valence electrons. The topological polar surface area (TPSA) is 0 Å². The molecule has 4 unspecified atom stereocenters. The molecule has 0 spiro atoms. The van der Waals surface area contributed by atoms with Gasteiger partial charge in [-0.05, 0) is 0 Å². The molecule has 0 bridgehead atoms. The van der Waals surface area contributed by atoms with E-state index in [1.54, 1.807) is 0 Å². The van der Waals surface area contributed by atoms with E-state index in [4.69, 9.17) is 0 Å². The van der Waals surface area contributed by atoms with Gasteiger partial charge in [-0.15, -0.1) is 12.6 Å². The lowest BCUT2D eigenvalue weighted by Crippen LogP contribution is -2.51. The van der Waals surface area contributed by atoms with Gasteiger partial charge in [0.1, 0.15) is 0 Å². The maximum atomic E-state index is 12.6. The van der Waals surface area contributed by atoms with Gasteiger partial charge in [0.05, 0.1) is 0 Å². The fraction of sp³-hybridized carbons (Fsp3) is 1.00. The summed E-state index contributed by atoms with van der Waals surface area (Å²) in [5.41, 5.74) is -2.91. The maximum Gasteiger partial charge on any atom is 0.356 e. The Labute approximate surface area is 96.2 Å². The van der Waals surface area contributed by atoms with Crippen molar-refractivity contribution in [3.8, 4) is 0 Å². The Balaban J connectivity index is 4.86. The molecule has 0 amide bonds. The van der Waals surface area contributed by atoms with Crippen LogP contribution in [0.25, 0.3) is 0 Å². The molecule has 0 heterocycles. The Bertz CT molecular complexity index is 227. The third-order valence-corrected chi connectivity index (χ3v) is 2.18. The van der Waals surface area contributed by atoms with E-state index in [1.807, 2.05) is 0 Å². The molecule has 0 nitrogen and oxygen atoms in total. The molecule has 0 aromatic rings. The van der Waals surface area contributed by atoms with Crippen molar-refractivity contribution in [3.05, 3.63) is 0 Å². The first-order valence-electron chi connectivity index (χ1n) is 3.65. The summed E-state index contributed by atoms with van der Waals surface area (Å²) in [6.45, 7) is 0. The van der Waals surface area contributed by atoms with Crippen LogP contribution in [-0.2, 0) is 0 Å². The van der Waals surface area contributed by atoms with Crippen LogP contribution in [0.15, 0.2) is 0 Å². The number of thiol groups is 2. The molecule has 16 heavy (non-hydrogen) atoms. The Kier molecular flexibility index (Phi) is 5.24. The number of halogens is 8. The standard InChI is InChI=1S/C6H6F8S2/c7-1(2(8)4(10)15)3(9)5(11,12)6(13,14)16/h1-4,15-16H. The predicted molar refractivity (Wildman–Crippen MR) is 47.5 cm³/mol. The molecule has 0 radical (unpaired) electrons. The lowest BCUT2D eigenvalue weighted by Gasteiger charge is -2.28. The van der Waals surface area contributed by atoms with Crippen LogP contribution in [0, 0.1) is 0 Å². The monoisotopic (exact) mass is 294 g/mol. The van der Waals surface area contributed by atoms with Gasteiger partial charge in [-0.25, -0.2) is 17.6 Å². The highest BCUT2D eigenvalue weighted by molar-refractivity contribution is 7.81. The van der Waals surface area contributed by atoms with Crippen molar-refractivity contribution in [2.24, 2.45) is 0 Å². The van der Waals surface area contributed by atoms with Crippen LogP contribution in [0.3, 0.4) is 0 Å². The van der Waals surface area contributed by atoms with E-state index in [1.165, 1.54) is 0 Å². The van der Waals surface area contributed by atoms with Crippen molar-refractivity contribution in [1.82, 2.24) is 0 Å². The molecule has 0 N–H and O–H groups in total. The van der Waals surface area contributed by atoms with Crippen LogP contribution in [-0.4, -0.2) is 35.2 Å². The first kappa shape index (κ1) is 16.1. The predicted octanol–water partition coefficient (Wildman–Crippen LogP) is 3.38. The summed E-state index contributed by atoms with van der Waals surface area (Å²) in [6.07, 6.45) is -11.4. The van der Waals surface area contributed by atoms with Crippen LogP contribution < -0.4 is 0 Å². The van der Waals surface area contributed by atoms with Crippen molar-refractivity contribution >= 4 is 25.3 Å². The zero-order valence-electron chi connectivity index (χ0n) is 7.23. The van der Waals surface area contributed by atoms with Gasteiger partial charge in [0.25, 0.3) is 0 Å². The van der Waals surface area contributed by atoms with Crippen molar-refractivity contribution in [2.75, 3.05) is 0 Å². The zero-order valence-corrected chi connectivity index (χ0v) is 9.02. The summed E-state index contributed by atoms with van der Waals surface area (Å²) in [7, 11) is 0. The second-order valence-electron chi connectivity index (χ2n) is 2.83. The van der Waals surface area contributed by atoms with Gasteiger partial charge in [-0.1, -0.05) is 12.6 Å². The Hall–Kier alpha value is 0.140. The average Bonchev–Trinajstić information content (AvgIpc) is 2.12. The van der Waals surface area contributed by atoms with E-state index in [0.29, 0.717) is 0 Å². The van der Waals surface area contributed by atoms with Gasteiger partial charge in [-0.2, -0.15) is 17.6 Å². The molecule has 0 saturated carbocycles. The van der Waals surface area contributed by atoms with E-state index in [0.717, 1.165) is 0 Å². The largest absolute Gasteiger partial charge is 0.356 e. The van der Waals surface area contributed by atoms with Crippen LogP contribution in [0.4, 0.5) is 35.1 Å². The number of rotatable bonds is 5. The molecule has 0 aromatic heterocycles. The molecule has 0 saturated heterocycles. The second kappa shape index (κ2) is 5.19. The van der Waals surface area contributed by atoms with Gasteiger partial charge in [0.2, 0.25) is 6.17 Å².